The molecule has 2 N–H and O–H groups in total. The Morgan fingerprint density at radius 3 is 2.74 bits per heavy atom. The van der Waals surface area contributed by atoms with Crippen LogP contribution in [0.15, 0.2) is 29.3 Å². The number of guanidine groups is 1. The fourth-order valence-electron chi connectivity index (χ4n) is 2.76. The van der Waals surface area contributed by atoms with Crippen molar-refractivity contribution < 1.29 is 4.74 Å². The van der Waals surface area contributed by atoms with E-state index in [1.165, 1.54) is 11.1 Å². The third-order valence-electron chi connectivity index (χ3n) is 3.96. The molecule has 0 aliphatic carbocycles. The highest BCUT2D eigenvalue weighted by Crippen LogP contribution is 2.33. The number of halogens is 1. The van der Waals surface area contributed by atoms with Gasteiger partial charge in [0.1, 0.15) is 0 Å². The molecular formula is C18H26IN3O. The summed E-state index contributed by atoms with van der Waals surface area (Å²) < 4.78 is 6.03. The Kier molecular flexibility index (Phi) is 9.03. The molecule has 2 rings (SSSR count). The molecule has 0 radical (unpaired) electrons. The lowest BCUT2D eigenvalue weighted by Gasteiger charge is -2.32. The first-order valence-corrected chi connectivity index (χ1v) is 7.80. The van der Waals surface area contributed by atoms with Crippen LogP contribution in [0.1, 0.15) is 30.1 Å². The topological polar surface area (TPSA) is 45.7 Å². The van der Waals surface area contributed by atoms with Crippen molar-refractivity contribution in [3.63, 3.8) is 0 Å². The van der Waals surface area contributed by atoms with Crippen LogP contribution in [0.3, 0.4) is 0 Å². The zero-order valence-electron chi connectivity index (χ0n) is 13.8. The SMILES string of the molecule is C#CCNC(=NC)NCC1CCCOC1c1ccc(C)cc1.I. The summed E-state index contributed by atoms with van der Waals surface area (Å²) in [5.41, 5.74) is 2.52. The van der Waals surface area contributed by atoms with Gasteiger partial charge in [-0.2, -0.15) is 0 Å². The maximum absolute atomic E-state index is 6.03. The molecule has 23 heavy (non-hydrogen) atoms. The normalized spacial score (nSPS) is 21.0. The van der Waals surface area contributed by atoms with Crippen molar-refractivity contribution in [3.8, 4) is 12.3 Å². The van der Waals surface area contributed by atoms with E-state index < -0.39 is 0 Å². The van der Waals surface area contributed by atoms with Crippen molar-refractivity contribution in [1.29, 1.82) is 0 Å². The summed E-state index contributed by atoms with van der Waals surface area (Å²) in [5, 5.41) is 6.43. The molecule has 1 aromatic rings. The highest BCUT2D eigenvalue weighted by Gasteiger charge is 2.27. The van der Waals surface area contributed by atoms with Crippen molar-refractivity contribution in [2.45, 2.75) is 25.9 Å². The molecule has 1 saturated heterocycles. The molecule has 1 aliphatic rings. The van der Waals surface area contributed by atoms with Crippen LogP contribution in [0, 0.1) is 25.2 Å². The monoisotopic (exact) mass is 427 g/mol. The zero-order valence-corrected chi connectivity index (χ0v) is 16.2. The lowest BCUT2D eigenvalue weighted by atomic mass is 9.89. The number of hydrogen-bond acceptors (Lipinski definition) is 2. The molecule has 126 valence electrons. The van der Waals surface area contributed by atoms with Gasteiger partial charge in [-0.05, 0) is 25.3 Å². The maximum atomic E-state index is 6.03. The molecule has 2 atom stereocenters. The summed E-state index contributed by atoms with van der Waals surface area (Å²) in [5.74, 6) is 3.73. The maximum Gasteiger partial charge on any atom is 0.191 e. The molecule has 0 saturated carbocycles. The van der Waals surface area contributed by atoms with E-state index in [9.17, 15) is 0 Å². The average Bonchev–Trinajstić information content (AvgIpc) is 2.56. The Balaban J connectivity index is 0.00000264. The third kappa shape index (κ3) is 6.04. The fraction of sp³-hybridized carbons (Fsp3) is 0.500. The fourth-order valence-corrected chi connectivity index (χ4v) is 2.76. The highest BCUT2D eigenvalue weighted by atomic mass is 127. The van der Waals surface area contributed by atoms with E-state index in [2.05, 4.69) is 52.7 Å². The number of aliphatic imine (C=N–C) groups is 1. The molecule has 0 spiro atoms. The summed E-state index contributed by atoms with van der Waals surface area (Å²) in [6.45, 7) is 4.23. The number of rotatable bonds is 4. The molecule has 2 unspecified atom stereocenters. The number of terminal acetylenes is 1. The van der Waals surface area contributed by atoms with Crippen LogP contribution in [0.2, 0.25) is 0 Å². The van der Waals surface area contributed by atoms with Crippen LogP contribution in [0.25, 0.3) is 0 Å². The van der Waals surface area contributed by atoms with E-state index in [-0.39, 0.29) is 30.1 Å². The molecule has 0 aromatic heterocycles. The average molecular weight is 427 g/mol. The number of benzene rings is 1. The minimum Gasteiger partial charge on any atom is -0.373 e. The summed E-state index contributed by atoms with van der Waals surface area (Å²) >= 11 is 0. The first kappa shape index (κ1) is 19.8. The second-order valence-electron chi connectivity index (χ2n) is 5.62. The van der Waals surface area contributed by atoms with E-state index in [4.69, 9.17) is 11.2 Å². The second-order valence-corrected chi connectivity index (χ2v) is 5.62. The van der Waals surface area contributed by atoms with E-state index in [0.717, 1.165) is 32.0 Å². The van der Waals surface area contributed by atoms with Crippen LogP contribution < -0.4 is 10.6 Å². The highest BCUT2D eigenvalue weighted by molar-refractivity contribution is 14.0. The van der Waals surface area contributed by atoms with E-state index in [1.807, 2.05) is 0 Å². The standard InChI is InChI=1S/C18H25N3O.HI/c1-4-11-20-18(19-3)21-13-16-6-5-12-22-17(16)15-9-7-14(2)8-10-15;/h1,7-10,16-17H,5-6,11-13H2,2-3H3,(H2,19,20,21);1H. The van der Waals surface area contributed by atoms with Gasteiger partial charge < -0.3 is 15.4 Å². The Hall–Kier alpha value is -1.26. The van der Waals surface area contributed by atoms with Gasteiger partial charge in [0, 0.05) is 26.1 Å². The molecule has 1 fully saturated rings. The van der Waals surface area contributed by atoms with Crippen molar-refractivity contribution in [2.75, 3.05) is 26.7 Å². The summed E-state index contributed by atoms with van der Waals surface area (Å²) in [4.78, 5) is 4.18. The van der Waals surface area contributed by atoms with Gasteiger partial charge >= 0.3 is 0 Å². The first-order valence-electron chi connectivity index (χ1n) is 7.80. The predicted octanol–water partition coefficient (Wildman–Crippen LogP) is 2.88. The molecular weight excluding hydrogens is 401 g/mol. The van der Waals surface area contributed by atoms with Gasteiger partial charge in [-0.1, -0.05) is 35.7 Å². The minimum atomic E-state index is 0. The molecule has 1 heterocycles. The molecule has 1 aromatic carbocycles. The van der Waals surface area contributed by atoms with Gasteiger partial charge in [0.15, 0.2) is 5.96 Å². The van der Waals surface area contributed by atoms with Gasteiger partial charge in [-0.25, -0.2) is 0 Å². The van der Waals surface area contributed by atoms with Crippen LogP contribution in [0.5, 0.6) is 0 Å². The van der Waals surface area contributed by atoms with Crippen molar-refractivity contribution in [3.05, 3.63) is 35.4 Å². The Morgan fingerprint density at radius 1 is 1.35 bits per heavy atom. The summed E-state index contributed by atoms with van der Waals surface area (Å²) in [7, 11) is 1.75. The predicted molar refractivity (Wildman–Crippen MR) is 106 cm³/mol. The van der Waals surface area contributed by atoms with Crippen molar-refractivity contribution in [2.24, 2.45) is 10.9 Å². The van der Waals surface area contributed by atoms with E-state index in [0.29, 0.717) is 12.5 Å². The van der Waals surface area contributed by atoms with Crippen molar-refractivity contribution in [1.82, 2.24) is 10.6 Å². The zero-order chi connectivity index (χ0) is 15.8. The molecule has 0 bridgehead atoms. The van der Waals surface area contributed by atoms with Crippen LogP contribution >= 0.6 is 24.0 Å². The number of hydrogen-bond donors (Lipinski definition) is 2. The van der Waals surface area contributed by atoms with Crippen molar-refractivity contribution >= 4 is 29.9 Å². The van der Waals surface area contributed by atoms with Crippen LogP contribution in [0.4, 0.5) is 0 Å². The largest absolute Gasteiger partial charge is 0.373 e. The van der Waals surface area contributed by atoms with E-state index >= 15 is 0 Å². The molecule has 0 amide bonds. The summed E-state index contributed by atoms with van der Waals surface area (Å²) in [6, 6.07) is 8.63. The number of nitrogens with one attached hydrogen (secondary N) is 2. The lowest BCUT2D eigenvalue weighted by Crippen LogP contribution is -2.42. The minimum absolute atomic E-state index is 0. The first-order chi connectivity index (χ1) is 10.7. The number of ether oxygens (including phenoxy) is 1. The molecule has 5 heteroatoms. The van der Waals surface area contributed by atoms with Gasteiger partial charge in [0.2, 0.25) is 0 Å². The summed E-state index contributed by atoms with van der Waals surface area (Å²) in [6.07, 6.45) is 7.66. The van der Waals surface area contributed by atoms with Gasteiger partial charge in [0.25, 0.3) is 0 Å². The lowest BCUT2D eigenvalue weighted by molar-refractivity contribution is -0.0265. The van der Waals surface area contributed by atoms with Gasteiger partial charge in [-0.15, -0.1) is 30.4 Å². The van der Waals surface area contributed by atoms with Crippen LogP contribution in [-0.4, -0.2) is 32.7 Å². The Bertz CT molecular complexity index is 536. The number of nitrogens with zero attached hydrogens (tertiary/aromatic N) is 1. The third-order valence-corrected chi connectivity index (χ3v) is 3.96. The quantitative estimate of drug-likeness (QED) is 0.336. The smallest absolute Gasteiger partial charge is 0.191 e. The Labute approximate surface area is 156 Å². The molecule has 4 nitrogen and oxygen atoms in total. The van der Waals surface area contributed by atoms with E-state index in [1.54, 1.807) is 7.05 Å². The van der Waals surface area contributed by atoms with Gasteiger partial charge in [-0.3, -0.25) is 4.99 Å². The second kappa shape index (κ2) is 10.5. The molecule has 1 aliphatic heterocycles. The Morgan fingerprint density at radius 2 is 2.09 bits per heavy atom. The number of aryl methyl sites for hydroxylation is 1. The van der Waals surface area contributed by atoms with Crippen LogP contribution in [-0.2, 0) is 4.74 Å². The van der Waals surface area contributed by atoms with Gasteiger partial charge in [0.05, 0.1) is 12.6 Å².